The molecule has 1 N–H and O–H groups in total. The van der Waals surface area contributed by atoms with Crippen molar-refractivity contribution in [3.8, 4) is 0 Å². The summed E-state index contributed by atoms with van der Waals surface area (Å²) in [5.74, 6) is 0. The number of fused-ring (bicyclic) bond motifs is 1. The molecule has 0 fully saturated rings. The molecule has 2 rings (SSSR count). The van der Waals surface area contributed by atoms with E-state index in [0.717, 1.165) is 26.2 Å². The molecule has 0 aliphatic heterocycles. The van der Waals surface area contributed by atoms with Gasteiger partial charge in [-0.3, -0.25) is 0 Å². The Labute approximate surface area is 115 Å². The van der Waals surface area contributed by atoms with Gasteiger partial charge in [0, 0.05) is 19.3 Å². The van der Waals surface area contributed by atoms with Crippen molar-refractivity contribution < 1.29 is 4.74 Å². The molecule has 0 saturated carbocycles. The van der Waals surface area contributed by atoms with Crippen LogP contribution in [0.4, 0.5) is 0 Å². The molecule has 19 heavy (non-hydrogen) atoms. The van der Waals surface area contributed by atoms with E-state index in [1.54, 1.807) is 0 Å². The minimum atomic E-state index is 0.381. The summed E-state index contributed by atoms with van der Waals surface area (Å²) in [6.45, 7) is 6.89. The number of rotatable bonds is 7. The first kappa shape index (κ1) is 14.0. The van der Waals surface area contributed by atoms with Gasteiger partial charge in [0.2, 0.25) is 0 Å². The highest BCUT2D eigenvalue weighted by Crippen LogP contribution is 2.20. The highest BCUT2D eigenvalue weighted by atomic mass is 16.5. The van der Waals surface area contributed by atoms with Crippen molar-refractivity contribution >= 4 is 10.8 Å². The number of nitrogens with one attached hydrogen (secondary N) is 1. The first-order valence-corrected chi connectivity index (χ1v) is 7.11. The highest BCUT2D eigenvalue weighted by Gasteiger charge is 2.04. The Morgan fingerprint density at radius 2 is 1.89 bits per heavy atom. The summed E-state index contributed by atoms with van der Waals surface area (Å²) in [7, 11) is 0. The molecule has 1 atom stereocenters. The topological polar surface area (TPSA) is 21.3 Å². The van der Waals surface area contributed by atoms with Crippen LogP contribution in [-0.2, 0) is 4.74 Å². The van der Waals surface area contributed by atoms with Gasteiger partial charge < -0.3 is 10.1 Å². The highest BCUT2D eigenvalue weighted by molar-refractivity contribution is 5.83. The van der Waals surface area contributed by atoms with Gasteiger partial charge in [0.15, 0.2) is 0 Å². The van der Waals surface area contributed by atoms with Crippen LogP contribution >= 0.6 is 0 Å². The van der Waals surface area contributed by atoms with Crippen molar-refractivity contribution in [3.63, 3.8) is 0 Å². The smallest absolute Gasteiger partial charge is 0.0477 e. The first-order chi connectivity index (χ1) is 9.31. The molecule has 0 amide bonds. The molecular formula is C17H23NO. The van der Waals surface area contributed by atoms with Crippen molar-refractivity contribution in [1.82, 2.24) is 5.32 Å². The molecule has 102 valence electrons. The molecule has 0 heterocycles. The summed E-state index contributed by atoms with van der Waals surface area (Å²) in [5, 5.41) is 6.15. The summed E-state index contributed by atoms with van der Waals surface area (Å²) in [6, 6.07) is 15.6. The lowest BCUT2D eigenvalue weighted by Crippen LogP contribution is -2.20. The summed E-state index contributed by atoms with van der Waals surface area (Å²) in [6.07, 6.45) is 1.06. The fraction of sp³-hybridized carbons (Fsp3) is 0.412. The number of benzene rings is 2. The summed E-state index contributed by atoms with van der Waals surface area (Å²) >= 11 is 0. The van der Waals surface area contributed by atoms with Crippen LogP contribution in [-0.4, -0.2) is 19.8 Å². The van der Waals surface area contributed by atoms with Crippen LogP contribution in [0.3, 0.4) is 0 Å². The van der Waals surface area contributed by atoms with Crippen LogP contribution in [0.15, 0.2) is 42.5 Å². The number of hydrogen-bond donors (Lipinski definition) is 1. The molecule has 2 heteroatoms. The average molecular weight is 257 g/mol. The Morgan fingerprint density at radius 1 is 1.11 bits per heavy atom. The van der Waals surface area contributed by atoms with E-state index in [9.17, 15) is 0 Å². The van der Waals surface area contributed by atoms with Gasteiger partial charge in [-0.1, -0.05) is 36.4 Å². The van der Waals surface area contributed by atoms with Crippen LogP contribution in [0.2, 0.25) is 0 Å². The van der Waals surface area contributed by atoms with Crippen molar-refractivity contribution in [2.75, 3.05) is 19.8 Å². The van der Waals surface area contributed by atoms with Crippen molar-refractivity contribution in [2.45, 2.75) is 26.3 Å². The van der Waals surface area contributed by atoms with Gasteiger partial charge in [-0.15, -0.1) is 0 Å². The largest absolute Gasteiger partial charge is 0.382 e. The third kappa shape index (κ3) is 4.05. The van der Waals surface area contributed by atoms with E-state index in [4.69, 9.17) is 4.74 Å². The summed E-state index contributed by atoms with van der Waals surface area (Å²) < 4.78 is 5.34. The van der Waals surface area contributed by atoms with E-state index in [1.165, 1.54) is 16.3 Å². The Kier molecular flexibility index (Phi) is 5.37. The zero-order valence-electron chi connectivity index (χ0n) is 11.9. The van der Waals surface area contributed by atoms with E-state index in [-0.39, 0.29) is 0 Å². The fourth-order valence-corrected chi connectivity index (χ4v) is 2.23. The van der Waals surface area contributed by atoms with Gasteiger partial charge in [-0.05, 0) is 49.2 Å². The molecule has 0 aliphatic rings. The van der Waals surface area contributed by atoms with Crippen molar-refractivity contribution in [1.29, 1.82) is 0 Å². The maximum atomic E-state index is 5.34. The maximum absolute atomic E-state index is 5.34. The van der Waals surface area contributed by atoms with Gasteiger partial charge in [-0.25, -0.2) is 0 Å². The Morgan fingerprint density at radius 3 is 2.68 bits per heavy atom. The normalized spacial score (nSPS) is 12.7. The van der Waals surface area contributed by atoms with E-state index in [2.05, 4.69) is 54.7 Å². The second kappa shape index (κ2) is 7.27. The summed E-state index contributed by atoms with van der Waals surface area (Å²) in [5.41, 5.74) is 1.34. The molecule has 1 unspecified atom stereocenters. The van der Waals surface area contributed by atoms with Gasteiger partial charge in [0.25, 0.3) is 0 Å². The standard InChI is InChI=1S/C17H23NO/c1-3-19-12-6-11-18-14(2)16-10-9-15-7-4-5-8-17(15)13-16/h4-5,7-10,13-14,18H,3,6,11-12H2,1-2H3. The number of hydrogen-bond acceptors (Lipinski definition) is 2. The van der Waals surface area contributed by atoms with Gasteiger partial charge >= 0.3 is 0 Å². The molecular weight excluding hydrogens is 234 g/mol. The van der Waals surface area contributed by atoms with Gasteiger partial charge in [0.05, 0.1) is 0 Å². The minimum Gasteiger partial charge on any atom is -0.382 e. The molecule has 0 saturated heterocycles. The number of ether oxygens (including phenoxy) is 1. The van der Waals surface area contributed by atoms with Crippen LogP contribution < -0.4 is 5.32 Å². The van der Waals surface area contributed by atoms with E-state index >= 15 is 0 Å². The van der Waals surface area contributed by atoms with Crippen LogP contribution in [0, 0.1) is 0 Å². The van der Waals surface area contributed by atoms with E-state index < -0.39 is 0 Å². The summed E-state index contributed by atoms with van der Waals surface area (Å²) in [4.78, 5) is 0. The second-order valence-electron chi connectivity index (χ2n) is 4.83. The minimum absolute atomic E-state index is 0.381. The molecule has 0 radical (unpaired) electrons. The second-order valence-corrected chi connectivity index (χ2v) is 4.83. The lowest BCUT2D eigenvalue weighted by Gasteiger charge is -2.15. The predicted molar refractivity (Wildman–Crippen MR) is 81.5 cm³/mol. The Bertz CT molecular complexity index is 509. The molecule has 2 nitrogen and oxygen atoms in total. The SMILES string of the molecule is CCOCCCNC(C)c1ccc2ccccc2c1. The average Bonchev–Trinajstić information content (AvgIpc) is 2.46. The fourth-order valence-electron chi connectivity index (χ4n) is 2.23. The first-order valence-electron chi connectivity index (χ1n) is 7.11. The van der Waals surface area contributed by atoms with E-state index in [1.807, 2.05) is 6.92 Å². The lowest BCUT2D eigenvalue weighted by molar-refractivity contribution is 0.144. The molecule has 0 bridgehead atoms. The predicted octanol–water partition coefficient (Wildman–Crippen LogP) is 3.92. The quantitative estimate of drug-likeness (QED) is 0.759. The van der Waals surface area contributed by atoms with Crippen LogP contribution in [0.1, 0.15) is 31.9 Å². The zero-order chi connectivity index (χ0) is 13.5. The lowest BCUT2D eigenvalue weighted by atomic mass is 10.0. The van der Waals surface area contributed by atoms with Gasteiger partial charge in [-0.2, -0.15) is 0 Å². The van der Waals surface area contributed by atoms with Crippen LogP contribution in [0.25, 0.3) is 10.8 Å². The molecule has 2 aromatic carbocycles. The molecule has 2 aromatic rings. The molecule has 0 spiro atoms. The van der Waals surface area contributed by atoms with E-state index in [0.29, 0.717) is 6.04 Å². The van der Waals surface area contributed by atoms with Crippen molar-refractivity contribution in [2.24, 2.45) is 0 Å². The maximum Gasteiger partial charge on any atom is 0.0477 e. The molecule has 0 aliphatic carbocycles. The molecule has 0 aromatic heterocycles. The van der Waals surface area contributed by atoms with Crippen LogP contribution in [0.5, 0.6) is 0 Å². The Balaban J connectivity index is 1.91. The third-order valence-corrected chi connectivity index (χ3v) is 3.39. The Hall–Kier alpha value is -1.38. The van der Waals surface area contributed by atoms with Crippen molar-refractivity contribution in [3.05, 3.63) is 48.0 Å². The third-order valence-electron chi connectivity index (χ3n) is 3.39. The monoisotopic (exact) mass is 257 g/mol. The zero-order valence-corrected chi connectivity index (χ0v) is 11.9. The van der Waals surface area contributed by atoms with Gasteiger partial charge in [0.1, 0.15) is 0 Å².